The summed E-state index contributed by atoms with van der Waals surface area (Å²) in [4.78, 5) is 2.40. The lowest BCUT2D eigenvalue weighted by Gasteiger charge is -2.20. The van der Waals surface area contributed by atoms with E-state index >= 15 is 0 Å². The number of rotatable bonds is 7. The van der Waals surface area contributed by atoms with E-state index in [0.29, 0.717) is 12.5 Å². The van der Waals surface area contributed by atoms with Gasteiger partial charge in [0.1, 0.15) is 0 Å². The van der Waals surface area contributed by atoms with Gasteiger partial charge in [0.05, 0.1) is 0 Å². The molecule has 1 unspecified atom stereocenters. The minimum Gasteiger partial charge on any atom is -0.396 e. The monoisotopic (exact) mass is 173 g/mol. The van der Waals surface area contributed by atoms with Crippen molar-refractivity contribution in [2.75, 3.05) is 26.2 Å². The summed E-state index contributed by atoms with van der Waals surface area (Å²) in [7, 11) is 0. The van der Waals surface area contributed by atoms with E-state index in [1.807, 2.05) is 0 Å². The molecular weight excluding hydrogens is 150 g/mol. The number of hydrogen-bond acceptors (Lipinski definition) is 2. The molecule has 0 heterocycles. The minimum atomic E-state index is 0.345. The zero-order chi connectivity index (χ0) is 9.40. The van der Waals surface area contributed by atoms with Crippen molar-refractivity contribution >= 4 is 0 Å². The third-order valence-electron chi connectivity index (χ3n) is 2.58. The van der Waals surface area contributed by atoms with E-state index in [4.69, 9.17) is 5.11 Å². The van der Waals surface area contributed by atoms with Crippen LogP contribution in [0.2, 0.25) is 0 Å². The smallest absolute Gasteiger partial charge is 0.0459 e. The SMILES string of the molecule is CCC(CO)CCN(CC)CC. The van der Waals surface area contributed by atoms with Gasteiger partial charge in [-0.25, -0.2) is 0 Å². The molecule has 2 heteroatoms. The first kappa shape index (κ1) is 11.9. The number of aliphatic hydroxyl groups is 1. The molecule has 0 saturated heterocycles. The second-order valence-corrected chi connectivity index (χ2v) is 3.27. The van der Waals surface area contributed by atoms with Crippen LogP contribution in [0, 0.1) is 5.92 Å². The molecule has 0 aromatic heterocycles. The molecule has 0 radical (unpaired) electrons. The molecule has 0 amide bonds. The lowest BCUT2D eigenvalue weighted by Crippen LogP contribution is -2.26. The lowest BCUT2D eigenvalue weighted by molar-refractivity contribution is 0.192. The lowest BCUT2D eigenvalue weighted by atomic mass is 10.0. The predicted octanol–water partition coefficient (Wildman–Crippen LogP) is 1.74. The van der Waals surface area contributed by atoms with Crippen molar-refractivity contribution < 1.29 is 5.11 Å². The van der Waals surface area contributed by atoms with Gasteiger partial charge in [-0.2, -0.15) is 0 Å². The van der Waals surface area contributed by atoms with Gasteiger partial charge in [0.25, 0.3) is 0 Å². The summed E-state index contributed by atoms with van der Waals surface area (Å²) in [5.41, 5.74) is 0. The van der Waals surface area contributed by atoms with Crippen LogP contribution in [-0.2, 0) is 0 Å². The average Bonchev–Trinajstić information content (AvgIpc) is 2.13. The van der Waals surface area contributed by atoms with E-state index in [1.165, 1.54) is 0 Å². The topological polar surface area (TPSA) is 23.5 Å². The van der Waals surface area contributed by atoms with E-state index in [1.54, 1.807) is 0 Å². The Hall–Kier alpha value is -0.0800. The maximum atomic E-state index is 8.97. The summed E-state index contributed by atoms with van der Waals surface area (Å²) >= 11 is 0. The molecule has 0 aromatic rings. The first-order valence-electron chi connectivity index (χ1n) is 5.11. The molecule has 0 aromatic carbocycles. The van der Waals surface area contributed by atoms with Crippen molar-refractivity contribution in [3.8, 4) is 0 Å². The van der Waals surface area contributed by atoms with E-state index in [0.717, 1.165) is 32.5 Å². The highest BCUT2D eigenvalue weighted by molar-refractivity contribution is 4.59. The fraction of sp³-hybridized carbons (Fsp3) is 1.00. The standard InChI is InChI=1S/C10H23NO/c1-4-10(9-12)7-8-11(5-2)6-3/h10,12H,4-9H2,1-3H3. The Labute approximate surface area is 76.6 Å². The van der Waals surface area contributed by atoms with Gasteiger partial charge in [-0.05, 0) is 32.0 Å². The Bertz CT molecular complexity index is 75.8. The largest absolute Gasteiger partial charge is 0.396 e. The van der Waals surface area contributed by atoms with Crippen molar-refractivity contribution in [1.29, 1.82) is 0 Å². The molecule has 1 atom stereocenters. The summed E-state index contributed by atoms with van der Waals surface area (Å²) in [5, 5.41) is 8.97. The Morgan fingerprint density at radius 1 is 1.17 bits per heavy atom. The zero-order valence-corrected chi connectivity index (χ0v) is 8.71. The van der Waals surface area contributed by atoms with Gasteiger partial charge in [-0.3, -0.25) is 0 Å². The minimum absolute atomic E-state index is 0.345. The first-order chi connectivity index (χ1) is 5.78. The van der Waals surface area contributed by atoms with E-state index in [9.17, 15) is 0 Å². The molecule has 0 aliphatic carbocycles. The molecule has 1 N–H and O–H groups in total. The summed E-state index contributed by atoms with van der Waals surface area (Å²) in [6.07, 6.45) is 2.23. The van der Waals surface area contributed by atoms with Crippen LogP contribution in [0.1, 0.15) is 33.6 Å². The molecule has 0 rings (SSSR count). The molecule has 0 aliphatic heterocycles. The van der Waals surface area contributed by atoms with Crippen LogP contribution in [0.3, 0.4) is 0 Å². The summed E-state index contributed by atoms with van der Waals surface area (Å²) in [6.45, 7) is 10.2. The molecule has 0 spiro atoms. The van der Waals surface area contributed by atoms with E-state index < -0.39 is 0 Å². The van der Waals surface area contributed by atoms with Crippen molar-refractivity contribution in [2.24, 2.45) is 5.92 Å². The van der Waals surface area contributed by atoms with Crippen molar-refractivity contribution in [3.63, 3.8) is 0 Å². The number of aliphatic hydroxyl groups excluding tert-OH is 1. The normalized spacial score (nSPS) is 13.8. The van der Waals surface area contributed by atoms with Gasteiger partial charge in [0, 0.05) is 6.61 Å². The van der Waals surface area contributed by atoms with Crippen LogP contribution >= 0.6 is 0 Å². The second-order valence-electron chi connectivity index (χ2n) is 3.27. The van der Waals surface area contributed by atoms with Gasteiger partial charge < -0.3 is 10.0 Å². The van der Waals surface area contributed by atoms with Gasteiger partial charge in [-0.1, -0.05) is 27.2 Å². The van der Waals surface area contributed by atoms with Crippen molar-refractivity contribution in [1.82, 2.24) is 4.90 Å². The Kier molecular flexibility index (Phi) is 7.51. The second kappa shape index (κ2) is 7.56. The van der Waals surface area contributed by atoms with Crippen LogP contribution in [0.15, 0.2) is 0 Å². The van der Waals surface area contributed by atoms with Crippen LogP contribution in [0.5, 0.6) is 0 Å². The predicted molar refractivity (Wildman–Crippen MR) is 53.3 cm³/mol. The van der Waals surface area contributed by atoms with Gasteiger partial charge in [-0.15, -0.1) is 0 Å². The maximum absolute atomic E-state index is 8.97. The molecule has 0 fully saturated rings. The molecular formula is C10H23NO. The molecule has 74 valence electrons. The van der Waals surface area contributed by atoms with E-state index in [2.05, 4.69) is 25.7 Å². The van der Waals surface area contributed by atoms with Crippen LogP contribution < -0.4 is 0 Å². The van der Waals surface area contributed by atoms with Gasteiger partial charge >= 0.3 is 0 Å². The fourth-order valence-corrected chi connectivity index (χ4v) is 1.33. The number of hydrogen-bond donors (Lipinski definition) is 1. The highest BCUT2D eigenvalue weighted by atomic mass is 16.3. The third-order valence-corrected chi connectivity index (χ3v) is 2.58. The third kappa shape index (κ3) is 4.73. The highest BCUT2D eigenvalue weighted by Gasteiger charge is 2.06. The Morgan fingerprint density at radius 2 is 1.75 bits per heavy atom. The van der Waals surface area contributed by atoms with Crippen molar-refractivity contribution in [3.05, 3.63) is 0 Å². The quantitative estimate of drug-likeness (QED) is 0.634. The summed E-state index contributed by atoms with van der Waals surface area (Å²) in [6, 6.07) is 0. The molecule has 0 bridgehead atoms. The maximum Gasteiger partial charge on any atom is 0.0459 e. The summed E-state index contributed by atoms with van der Waals surface area (Å²) < 4.78 is 0. The van der Waals surface area contributed by atoms with Crippen LogP contribution in [-0.4, -0.2) is 36.2 Å². The number of nitrogens with zero attached hydrogens (tertiary/aromatic N) is 1. The zero-order valence-electron chi connectivity index (χ0n) is 8.71. The molecule has 2 nitrogen and oxygen atoms in total. The van der Waals surface area contributed by atoms with Gasteiger partial charge in [0.2, 0.25) is 0 Å². The Morgan fingerprint density at radius 3 is 2.08 bits per heavy atom. The van der Waals surface area contributed by atoms with Crippen LogP contribution in [0.4, 0.5) is 0 Å². The average molecular weight is 173 g/mol. The molecule has 0 aliphatic rings. The van der Waals surface area contributed by atoms with Gasteiger partial charge in [0.15, 0.2) is 0 Å². The van der Waals surface area contributed by atoms with E-state index in [-0.39, 0.29) is 0 Å². The molecule has 12 heavy (non-hydrogen) atoms. The van der Waals surface area contributed by atoms with Crippen molar-refractivity contribution in [2.45, 2.75) is 33.6 Å². The first-order valence-corrected chi connectivity index (χ1v) is 5.11. The summed E-state index contributed by atoms with van der Waals surface area (Å²) in [5.74, 6) is 0.505. The molecule has 0 saturated carbocycles. The Balaban J connectivity index is 3.49. The fourth-order valence-electron chi connectivity index (χ4n) is 1.33. The highest BCUT2D eigenvalue weighted by Crippen LogP contribution is 2.07. The van der Waals surface area contributed by atoms with Crippen LogP contribution in [0.25, 0.3) is 0 Å².